The van der Waals surface area contributed by atoms with Crippen molar-refractivity contribution in [2.24, 2.45) is 0 Å². The highest BCUT2D eigenvalue weighted by molar-refractivity contribution is 6.04. The van der Waals surface area contributed by atoms with E-state index in [9.17, 15) is 24.1 Å². The fourth-order valence-electron chi connectivity index (χ4n) is 2.50. The van der Waals surface area contributed by atoms with Crippen LogP contribution in [-0.4, -0.2) is 21.8 Å². The molecule has 1 saturated heterocycles. The van der Waals surface area contributed by atoms with Crippen LogP contribution in [0.15, 0.2) is 36.5 Å². The van der Waals surface area contributed by atoms with Gasteiger partial charge in [-0.2, -0.15) is 0 Å². The molecule has 0 saturated carbocycles. The summed E-state index contributed by atoms with van der Waals surface area (Å²) in [6.45, 7) is 0. The van der Waals surface area contributed by atoms with Crippen molar-refractivity contribution in [2.75, 3.05) is 5.32 Å². The van der Waals surface area contributed by atoms with E-state index in [0.29, 0.717) is 0 Å². The van der Waals surface area contributed by atoms with E-state index in [4.69, 9.17) is 4.74 Å². The maximum Gasteiger partial charge on any atom is 0.306 e. The molecule has 25 heavy (non-hydrogen) atoms. The third kappa shape index (κ3) is 3.44. The zero-order chi connectivity index (χ0) is 18.0. The Kier molecular flexibility index (Phi) is 4.38. The summed E-state index contributed by atoms with van der Waals surface area (Å²) in [7, 11) is 0. The van der Waals surface area contributed by atoms with Gasteiger partial charge in [-0.1, -0.05) is 6.07 Å². The Morgan fingerprint density at radius 2 is 2.20 bits per heavy atom. The summed E-state index contributed by atoms with van der Waals surface area (Å²) < 4.78 is 19.3. The zero-order valence-corrected chi connectivity index (χ0v) is 12.8. The Morgan fingerprint density at radius 3 is 2.80 bits per heavy atom. The molecule has 1 fully saturated rings. The number of nitro groups is 1. The Labute approximate surface area is 140 Å². The van der Waals surface area contributed by atoms with E-state index in [1.807, 2.05) is 0 Å². The molecular weight excluding hydrogens is 333 g/mol. The summed E-state index contributed by atoms with van der Waals surface area (Å²) in [5.41, 5.74) is -0.853. The van der Waals surface area contributed by atoms with E-state index in [2.05, 4.69) is 10.3 Å². The largest absolute Gasteiger partial charge is 0.457 e. The van der Waals surface area contributed by atoms with Gasteiger partial charge in [0.15, 0.2) is 0 Å². The van der Waals surface area contributed by atoms with Crippen molar-refractivity contribution in [1.82, 2.24) is 4.98 Å². The van der Waals surface area contributed by atoms with E-state index in [1.54, 1.807) is 12.1 Å². The number of nitrogens with zero attached hydrogens (tertiary/aromatic N) is 2. The first-order valence-electron chi connectivity index (χ1n) is 7.35. The number of carbonyl (C=O) groups excluding carboxylic acids is 2. The van der Waals surface area contributed by atoms with Gasteiger partial charge in [-0.05, 0) is 18.6 Å². The van der Waals surface area contributed by atoms with Crippen molar-refractivity contribution >= 4 is 23.3 Å². The average molecular weight is 345 g/mol. The third-order valence-electron chi connectivity index (χ3n) is 3.69. The molecule has 1 aliphatic rings. The molecule has 0 spiro atoms. The Balaban J connectivity index is 1.94. The SMILES string of the molecule is O=C1CCC(c2cc([N+](=O)[O-])c(NC(=O)c3ccccn3)cc2F)O1. The minimum atomic E-state index is -0.869. The second-order valence-corrected chi connectivity index (χ2v) is 5.33. The van der Waals surface area contributed by atoms with Gasteiger partial charge in [0.1, 0.15) is 23.3 Å². The summed E-state index contributed by atoms with van der Waals surface area (Å²) in [5, 5.41) is 13.6. The minimum Gasteiger partial charge on any atom is -0.457 e. The van der Waals surface area contributed by atoms with E-state index in [1.165, 1.54) is 12.3 Å². The van der Waals surface area contributed by atoms with Crippen LogP contribution >= 0.6 is 0 Å². The van der Waals surface area contributed by atoms with Crippen molar-refractivity contribution in [3.05, 3.63) is 63.7 Å². The molecule has 0 bridgehead atoms. The van der Waals surface area contributed by atoms with Crippen LogP contribution in [0.25, 0.3) is 0 Å². The fourth-order valence-corrected chi connectivity index (χ4v) is 2.50. The van der Waals surface area contributed by atoms with Gasteiger partial charge in [-0.15, -0.1) is 0 Å². The van der Waals surface area contributed by atoms with Gasteiger partial charge in [0.25, 0.3) is 11.6 Å². The predicted octanol–water partition coefficient (Wildman–Crippen LogP) is 2.76. The number of aromatic nitrogens is 1. The molecule has 1 aromatic carbocycles. The van der Waals surface area contributed by atoms with Crippen LogP contribution in [-0.2, 0) is 9.53 Å². The van der Waals surface area contributed by atoms with Gasteiger partial charge < -0.3 is 10.1 Å². The molecular formula is C16H12FN3O5. The van der Waals surface area contributed by atoms with Gasteiger partial charge >= 0.3 is 5.97 Å². The van der Waals surface area contributed by atoms with Crippen molar-refractivity contribution in [1.29, 1.82) is 0 Å². The molecule has 3 rings (SSSR count). The number of cyclic esters (lactones) is 1. The number of hydrogen-bond donors (Lipinski definition) is 1. The first-order valence-corrected chi connectivity index (χ1v) is 7.35. The minimum absolute atomic E-state index is 0.0333. The van der Waals surface area contributed by atoms with Crippen molar-refractivity contribution < 1.29 is 23.6 Å². The molecule has 8 nitrogen and oxygen atoms in total. The van der Waals surface area contributed by atoms with Crippen LogP contribution < -0.4 is 5.32 Å². The molecule has 9 heteroatoms. The Bertz CT molecular complexity index is 856. The highest BCUT2D eigenvalue weighted by Gasteiger charge is 2.30. The first kappa shape index (κ1) is 16.5. The lowest BCUT2D eigenvalue weighted by atomic mass is 10.0. The number of rotatable bonds is 4. The number of amides is 1. The van der Waals surface area contributed by atoms with E-state index >= 15 is 0 Å². The maximum atomic E-state index is 14.3. The lowest BCUT2D eigenvalue weighted by Gasteiger charge is -2.13. The van der Waals surface area contributed by atoms with Crippen molar-refractivity contribution in [3.8, 4) is 0 Å². The van der Waals surface area contributed by atoms with Crippen LogP contribution in [0.5, 0.6) is 0 Å². The van der Waals surface area contributed by atoms with Crippen LogP contribution in [0.4, 0.5) is 15.8 Å². The lowest BCUT2D eigenvalue weighted by molar-refractivity contribution is -0.384. The monoisotopic (exact) mass is 345 g/mol. The molecule has 1 atom stereocenters. The molecule has 0 radical (unpaired) electrons. The summed E-state index contributed by atoms with van der Waals surface area (Å²) in [6.07, 6.45) is 0.885. The number of ether oxygens (including phenoxy) is 1. The van der Waals surface area contributed by atoms with Gasteiger partial charge in [0, 0.05) is 30.3 Å². The smallest absolute Gasteiger partial charge is 0.306 e. The molecule has 1 amide bonds. The molecule has 128 valence electrons. The van der Waals surface area contributed by atoms with Crippen LogP contribution in [0.1, 0.15) is 35.0 Å². The molecule has 1 aromatic heterocycles. The summed E-state index contributed by atoms with van der Waals surface area (Å²) >= 11 is 0. The highest BCUT2D eigenvalue weighted by atomic mass is 19.1. The van der Waals surface area contributed by atoms with Gasteiger partial charge in [0.05, 0.1) is 4.92 Å². The first-order chi connectivity index (χ1) is 12.0. The Morgan fingerprint density at radius 1 is 1.40 bits per heavy atom. The van der Waals surface area contributed by atoms with Crippen molar-refractivity contribution in [2.45, 2.75) is 18.9 Å². The number of nitrogens with one attached hydrogen (secondary N) is 1. The standard InChI is InChI=1S/C16H12FN3O5/c17-10-8-12(19-16(22)11-3-1-2-6-18-11)13(20(23)24)7-9(10)14-4-5-15(21)25-14/h1-3,6-8,14H,4-5H2,(H,19,22). The third-order valence-corrected chi connectivity index (χ3v) is 3.69. The fraction of sp³-hybridized carbons (Fsp3) is 0.188. The topological polar surface area (TPSA) is 111 Å². The average Bonchev–Trinajstić information content (AvgIpc) is 3.01. The second-order valence-electron chi connectivity index (χ2n) is 5.33. The molecule has 1 N–H and O–H groups in total. The number of nitro benzene ring substituents is 1. The number of benzene rings is 1. The second kappa shape index (κ2) is 6.63. The predicted molar refractivity (Wildman–Crippen MR) is 83.3 cm³/mol. The van der Waals surface area contributed by atoms with Crippen LogP contribution in [0.2, 0.25) is 0 Å². The van der Waals surface area contributed by atoms with Crippen LogP contribution in [0, 0.1) is 15.9 Å². The van der Waals surface area contributed by atoms with E-state index in [-0.39, 0.29) is 29.8 Å². The number of pyridine rings is 1. The van der Waals surface area contributed by atoms with Gasteiger partial charge in [-0.3, -0.25) is 24.7 Å². The number of halogens is 1. The van der Waals surface area contributed by atoms with Crippen molar-refractivity contribution in [3.63, 3.8) is 0 Å². The summed E-state index contributed by atoms with van der Waals surface area (Å²) in [4.78, 5) is 37.7. The molecule has 1 unspecified atom stereocenters. The quantitative estimate of drug-likeness (QED) is 0.518. The lowest BCUT2D eigenvalue weighted by Crippen LogP contribution is -2.15. The highest BCUT2D eigenvalue weighted by Crippen LogP contribution is 2.36. The molecule has 0 aliphatic carbocycles. The summed E-state index contributed by atoms with van der Waals surface area (Å²) in [6, 6.07) is 6.43. The normalized spacial score (nSPS) is 16.4. The summed E-state index contributed by atoms with van der Waals surface area (Å²) in [5.74, 6) is -2.00. The van der Waals surface area contributed by atoms with E-state index < -0.39 is 34.4 Å². The van der Waals surface area contributed by atoms with E-state index in [0.717, 1.165) is 12.1 Å². The number of esters is 1. The maximum absolute atomic E-state index is 14.3. The molecule has 2 heterocycles. The molecule has 2 aromatic rings. The van der Waals surface area contributed by atoms with Crippen LogP contribution in [0.3, 0.4) is 0 Å². The number of anilines is 1. The number of carbonyl (C=O) groups is 2. The zero-order valence-electron chi connectivity index (χ0n) is 12.8. The Hall–Kier alpha value is -3.36. The van der Waals surface area contributed by atoms with Gasteiger partial charge in [-0.25, -0.2) is 4.39 Å². The molecule has 1 aliphatic heterocycles. The number of hydrogen-bond acceptors (Lipinski definition) is 6. The van der Waals surface area contributed by atoms with Gasteiger partial charge in [0.2, 0.25) is 0 Å².